The minimum absolute atomic E-state index is 0. The Balaban J connectivity index is 0.000000183. The zero-order valence-electron chi connectivity index (χ0n) is 8.99. The van der Waals surface area contributed by atoms with Crippen molar-refractivity contribution in [2.24, 2.45) is 0 Å². The van der Waals surface area contributed by atoms with Crippen LogP contribution in [0.1, 0.15) is 12.0 Å². The van der Waals surface area contributed by atoms with E-state index in [9.17, 15) is 0 Å². The summed E-state index contributed by atoms with van der Waals surface area (Å²) in [6.07, 6.45) is 7.57. The van der Waals surface area contributed by atoms with Gasteiger partial charge in [-0.1, -0.05) is 6.08 Å². The fourth-order valence-electron chi connectivity index (χ4n) is 1.57. The molecule has 16 heavy (non-hydrogen) atoms. The molecule has 0 aliphatic heterocycles. The maximum absolute atomic E-state index is 2.18. The molecule has 0 aromatic heterocycles. The smallest absolute Gasteiger partial charge is 0 e. The minimum atomic E-state index is 0. The second-order valence-corrected chi connectivity index (χ2v) is 3.46. The van der Waals surface area contributed by atoms with Crippen molar-refractivity contribution in [2.75, 3.05) is 0 Å². The van der Waals surface area contributed by atoms with Crippen molar-refractivity contribution in [3.63, 3.8) is 0 Å². The molecule has 3 rings (SSSR count). The van der Waals surface area contributed by atoms with Gasteiger partial charge < -0.3 is 30.3 Å². The van der Waals surface area contributed by atoms with Gasteiger partial charge in [0.15, 0.2) is 0 Å². The molecule has 0 unspecified atom stereocenters. The van der Waals surface area contributed by atoms with Crippen molar-refractivity contribution in [3.05, 3.63) is 78.4 Å². The van der Waals surface area contributed by atoms with E-state index >= 15 is 0 Å². The number of allylic oxidation sites excluding steroid dienone is 4. The van der Waals surface area contributed by atoms with E-state index in [0.29, 0.717) is 0 Å². The maximum Gasteiger partial charge on any atom is 0 e. The Morgan fingerprint density at radius 1 is 0.938 bits per heavy atom. The molecule has 0 bridgehead atoms. The van der Waals surface area contributed by atoms with Gasteiger partial charge >= 0.3 is 0 Å². The molecule has 1 heteroatoms. The molecule has 0 amide bonds. The molecule has 2 aromatic carbocycles. The van der Waals surface area contributed by atoms with Crippen LogP contribution in [-0.4, -0.2) is 0 Å². The Morgan fingerprint density at radius 2 is 1.50 bits per heavy atom. The summed E-state index contributed by atoms with van der Waals surface area (Å²) in [5.41, 5.74) is 2.80. The first-order valence-corrected chi connectivity index (χ1v) is 5.21. The van der Waals surface area contributed by atoms with E-state index in [0.717, 1.165) is 6.42 Å². The monoisotopic (exact) mass is 296 g/mol. The van der Waals surface area contributed by atoms with Crippen LogP contribution < -0.4 is 0 Å². The molecule has 88 valence electrons. The number of hydrogen-bond donors (Lipinski definition) is 0. The zero-order valence-corrected chi connectivity index (χ0v) is 10.7. The van der Waals surface area contributed by atoms with E-state index in [4.69, 9.17) is 0 Å². The number of rotatable bonds is 1. The quantitative estimate of drug-likeness (QED) is 0.547. The predicted octanol–water partition coefficient (Wildman–Crippen LogP) is 4.15. The second kappa shape index (κ2) is 7.14. The van der Waals surface area contributed by atoms with Gasteiger partial charge in [-0.25, -0.2) is 0 Å². The first kappa shape index (κ1) is 12.9. The van der Waals surface area contributed by atoms with Gasteiger partial charge in [-0.05, 0) is 6.42 Å². The van der Waals surface area contributed by atoms with Crippen molar-refractivity contribution < 1.29 is 19.5 Å². The van der Waals surface area contributed by atoms with Crippen LogP contribution in [0.3, 0.4) is 0 Å². The summed E-state index contributed by atoms with van der Waals surface area (Å²) >= 11 is 0. The fraction of sp³-hybridized carbons (Fsp3) is 0.0667. The third kappa shape index (κ3) is 3.75. The zero-order chi connectivity index (χ0) is 10.3. The molecule has 0 nitrogen and oxygen atoms in total. The Labute approximate surface area is 110 Å². The molecule has 0 saturated heterocycles. The van der Waals surface area contributed by atoms with E-state index in [1.54, 1.807) is 0 Å². The van der Waals surface area contributed by atoms with Gasteiger partial charge in [0.25, 0.3) is 0 Å². The van der Waals surface area contributed by atoms with E-state index < -0.39 is 0 Å². The third-order valence-electron chi connectivity index (χ3n) is 2.36. The van der Waals surface area contributed by atoms with Gasteiger partial charge in [0.05, 0.1) is 0 Å². The van der Waals surface area contributed by atoms with Crippen LogP contribution in [0, 0.1) is 0 Å². The largest absolute Gasteiger partial charge is 0.748 e. The van der Waals surface area contributed by atoms with Crippen molar-refractivity contribution >= 4 is 5.57 Å². The minimum Gasteiger partial charge on any atom is -0.748 e. The molecule has 0 radical (unpaired) electrons. The average Bonchev–Trinajstić information content (AvgIpc) is 3.06. The molecule has 0 spiro atoms. The molecular formula is C15H14Ru-6. The first-order chi connectivity index (χ1) is 7.47. The fourth-order valence-corrected chi connectivity index (χ4v) is 1.57. The van der Waals surface area contributed by atoms with Crippen LogP contribution in [0.5, 0.6) is 0 Å². The SMILES string of the molecule is C1=CCC([c-]2cccc2)=C1.[Ru].[cH-]1[cH-][cH-][cH-][cH-]1. The molecule has 1 aliphatic carbocycles. The molecule has 0 heterocycles. The van der Waals surface area contributed by atoms with Gasteiger partial charge in [0.1, 0.15) is 0 Å². The molecule has 2 aromatic rings. The normalized spacial score (nSPS) is 12.4. The van der Waals surface area contributed by atoms with E-state index in [1.165, 1.54) is 11.1 Å². The first-order valence-electron chi connectivity index (χ1n) is 5.21. The molecule has 1 aliphatic rings. The van der Waals surface area contributed by atoms with Crippen LogP contribution in [-0.2, 0) is 19.5 Å². The molecule has 0 atom stereocenters. The Hall–Kier alpha value is -1.20. The van der Waals surface area contributed by atoms with E-state index in [1.807, 2.05) is 30.3 Å². The van der Waals surface area contributed by atoms with E-state index in [2.05, 4.69) is 42.5 Å². The summed E-state index contributed by atoms with van der Waals surface area (Å²) in [4.78, 5) is 0. The summed E-state index contributed by atoms with van der Waals surface area (Å²) in [6, 6.07) is 18.5. The van der Waals surface area contributed by atoms with E-state index in [-0.39, 0.29) is 19.5 Å². The van der Waals surface area contributed by atoms with Gasteiger partial charge in [0.2, 0.25) is 0 Å². The summed E-state index contributed by atoms with van der Waals surface area (Å²) in [5, 5.41) is 0. The summed E-state index contributed by atoms with van der Waals surface area (Å²) in [5.74, 6) is 0. The van der Waals surface area contributed by atoms with Crippen LogP contribution in [0.4, 0.5) is 0 Å². The van der Waals surface area contributed by atoms with Crippen molar-refractivity contribution in [2.45, 2.75) is 6.42 Å². The van der Waals surface area contributed by atoms with Gasteiger partial charge in [-0.3, -0.25) is 0 Å². The van der Waals surface area contributed by atoms with Crippen molar-refractivity contribution in [1.82, 2.24) is 0 Å². The topological polar surface area (TPSA) is 0 Å². The van der Waals surface area contributed by atoms with Gasteiger partial charge in [0, 0.05) is 19.5 Å². The molecule has 0 N–H and O–H groups in total. The Bertz CT molecular complexity index is 399. The average molecular weight is 295 g/mol. The van der Waals surface area contributed by atoms with Crippen LogP contribution >= 0.6 is 0 Å². The summed E-state index contributed by atoms with van der Waals surface area (Å²) in [6.45, 7) is 0. The Morgan fingerprint density at radius 3 is 1.94 bits per heavy atom. The standard InChI is InChI=1S/C10H9.C5H5.Ru/c1-2-6-9(5-1)10-7-3-4-8-10;1-2-4-5-3-1;/h1-7H,8H2;1-5H;/q-1;-5;. The second-order valence-electron chi connectivity index (χ2n) is 3.46. The van der Waals surface area contributed by atoms with Crippen molar-refractivity contribution in [1.29, 1.82) is 0 Å². The van der Waals surface area contributed by atoms with Crippen LogP contribution in [0.25, 0.3) is 5.57 Å². The van der Waals surface area contributed by atoms with Gasteiger partial charge in [-0.15, -0.1) is 35.4 Å². The molecular weight excluding hydrogens is 281 g/mol. The number of hydrogen-bond acceptors (Lipinski definition) is 0. The maximum atomic E-state index is 2.18. The summed E-state index contributed by atoms with van der Waals surface area (Å²) in [7, 11) is 0. The van der Waals surface area contributed by atoms with Crippen LogP contribution in [0.2, 0.25) is 0 Å². The molecule has 0 fully saturated rings. The third-order valence-corrected chi connectivity index (χ3v) is 2.36. The molecule has 0 saturated carbocycles. The van der Waals surface area contributed by atoms with Crippen molar-refractivity contribution in [3.8, 4) is 0 Å². The van der Waals surface area contributed by atoms with Crippen LogP contribution in [0.15, 0.2) is 72.8 Å². The summed E-state index contributed by atoms with van der Waals surface area (Å²) < 4.78 is 0. The predicted molar refractivity (Wildman–Crippen MR) is 65.8 cm³/mol. The van der Waals surface area contributed by atoms with Gasteiger partial charge in [-0.2, -0.15) is 12.1 Å². The Kier molecular flexibility index (Phi) is 5.74.